The normalized spacial score (nSPS) is 8.94. The monoisotopic (exact) mass is 270 g/mol. The molecule has 100 valence electrons. The minimum Gasteiger partial charge on any atom is -0.477 e. The SMILES string of the molecule is CC.CC.Cc1nc2cc(C(=O)O)c(=O)[nH]c2s1. The van der Waals surface area contributed by atoms with E-state index in [2.05, 4.69) is 9.97 Å². The number of rotatable bonds is 1. The van der Waals surface area contributed by atoms with E-state index in [0.717, 1.165) is 5.01 Å². The average molecular weight is 270 g/mol. The lowest BCUT2D eigenvalue weighted by atomic mass is 10.3. The number of carboxylic acid groups (broad SMARTS) is 1. The average Bonchev–Trinajstić information content (AvgIpc) is 2.72. The van der Waals surface area contributed by atoms with Crippen LogP contribution in [0.1, 0.15) is 43.1 Å². The minimum absolute atomic E-state index is 0.275. The Morgan fingerprint density at radius 2 is 1.89 bits per heavy atom. The second-order valence-electron chi connectivity index (χ2n) is 2.76. The number of fused-ring (bicyclic) bond motifs is 1. The highest BCUT2D eigenvalue weighted by molar-refractivity contribution is 7.18. The van der Waals surface area contributed by atoms with E-state index in [4.69, 9.17) is 5.11 Å². The molecule has 5 nitrogen and oxygen atoms in total. The van der Waals surface area contributed by atoms with Gasteiger partial charge in [-0.05, 0) is 13.0 Å². The van der Waals surface area contributed by atoms with Crippen molar-refractivity contribution in [2.45, 2.75) is 34.6 Å². The number of carbonyl (C=O) groups is 1. The Kier molecular flexibility index (Phi) is 6.89. The molecule has 0 bridgehead atoms. The van der Waals surface area contributed by atoms with Crippen LogP contribution in [0.4, 0.5) is 0 Å². The van der Waals surface area contributed by atoms with Crippen LogP contribution >= 0.6 is 11.3 Å². The molecular formula is C12H18N2O3S. The quantitative estimate of drug-likeness (QED) is 0.834. The van der Waals surface area contributed by atoms with Crippen LogP contribution in [-0.4, -0.2) is 21.0 Å². The molecule has 0 spiro atoms. The van der Waals surface area contributed by atoms with Gasteiger partial charge < -0.3 is 10.1 Å². The summed E-state index contributed by atoms with van der Waals surface area (Å²) in [5, 5.41) is 9.48. The summed E-state index contributed by atoms with van der Waals surface area (Å²) in [6.07, 6.45) is 0. The van der Waals surface area contributed by atoms with Crippen LogP contribution in [0.2, 0.25) is 0 Å². The Balaban J connectivity index is 0.000000659. The Hall–Kier alpha value is -1.69. The molecule has 0 aliphatic carbocycles. The van der Waals surface area contributed by atoms with E-state index in [0.29, 0.717) is 10.3 Å². The minimum atomic E-state index is -1.24. The standard InChI is InChI=1S/C8H6N2O3S.2C2H6/c1-3-9-5-2-4(8(12)13)6(11)10-7(5)14-3;2*1-2/h2H,1H3,(H,10,11)(H,12,13);2*1-2H3. The zero-order valence-electron chi connectivity index (χ0n) is 11.2. The third-order valence-electron chi connectivity index (χ3n) is 1.74. The van der Waals surface area contributed by atoms with E-state index in [-0.39, 0.29) is 5.56 Å². The Bertz CT molecular complexity index is 572. The predicted octanol–water partition coefficient (Wildman–Crippen LogP) is 3.04. The second-order valence-corrected chi connectivity index (χ2v) is 3.97. The number of aromatic amines is 1. The molecule has 2 aromatic heterocycles. The van der Waals surface area contributed by atoms with Crippen LogP contribution in [0.25, 0.3) is 10.3 Å². The van der Waals surface area contributed by atoms with Gasteiger partial charge in [-0.25, -0.2) is 9.78 Å². The van der Waals surface area contributed by atoms with Crippen molar-refractivity contribution < 1.29 is 9.90 Å². The zero-order chi connectivity index (χ0) is 14.3. The maximum absolute atomic E-state index is 11.2. The van der Waals surface area contributed by atoms with Gasteiger partial charge in [0.15, 0.2) is 0 Å². The summed E-state index contributed by atoms with van der Waals surface area (Å²) in [6.45, 7) is 9.80. The number of aromatic carboxylic acids is 1. The number of thiazole rings is 1. The number of aromatic nitrogens is 2. The van der Waals surface area contributed by atoms with Crippen molar-refractivity contribution in [3.05, 3.63) is 27.0 Å². The Morgan fingerprint density at radius 1 is 1.33 bits per heavy atom. The molecule has 0 saturated carbocycles. The third kappa shape index (κ3) is 3.66. The van der Waals surface area contributed by atoms with E-state index in [1.54, 1.807) is 6.92 Å². The maximum Gasteiger partial charge on any atom is 0.341 e. The summed E-state index contributed by atoms with van der Waals surface area (Å²) in [7, 11) is 0. The lowest BCUT2D eigenvalue weighted by molar-refractivity contribution is 0.0695. The molecule has 0 fully saturated rings. The summed E-state index contributed by atoms with van der Waals surface area (Å²) >= 11 is 1.33. The zero-order valence-corrected chi connectivity index (χ0v) is 12.0. The van der Waals surface area contributed by atoms with Gasteiger partial charge in [-0.15, -0.1) is 11.3 Å². The molecule has 0 atom stereocenters. The van der Waals surface area contributed by atoms with Crippen LogP contribution in [0.3, 0.4) is 0 Å². The smallest absolute Gasteiger partial charge is 0.341 e. The first-order chi connectivity index (χ1) is 8.58. The Labute approximate surface area is 110 Å². The van der Waals surface area contributed by atoms with Crippen molar-refractivity contribution in [1.82, 2.24) is 9.97 Å². The van der Waals surface area contributed by atoms with Gasteiger partial charge in [0.2, 0.25) is 0 Å². The number of H-pyrrole nitrogens is 1. The second kappa shape index (κ2) is 7.60. The molecule has 18 heavy (non-hydrogen) atoms. The van der Waals surface area contributed by atoms with Crippen molar-refractivity contribution in [3.8, 4) is 0 Å². The molecular weight excluding hydrogens is 252 g/mol. The molecule has 2 aromatic rings. The number of nitrogens with zero attached hydrogens (tertiary/aromatic N) is 1. The molecule has 2 heterocycles. The van der Waals surface area contributed by atoms with Gasteiger partial charge in [0.05, 0.1) is 10.5 Å². The lowest BCUT2D eigenvalue weighted by Gasteiger charge is -1.91. The van der Waals surface area contributed by atoms with E-state index in [9.17, 15) is 9.59 Å². The molecule has 0 amide bonds. The van der Waals surface area contributed by atoms with Crippen molar-refractivity contribution in [1.29, 1.82) is 0 Å². The number of carboxylic acids is 1. The highest BCUT2D eigenvalue weighted by Gasteiger charge is 2.11. The number of nitrogens with one attached hydrogen (secondary N) is 1. The fourth-order valence-corrected chi connectivity index (χ4v) is 1.95. The highest BCUT2D eigenvalue weighted by atomic mass is 32.1. The number of pyridine rings is 1. The molecule has 0 aromatic carbocycles. The summed E-state index contributed by atoms with van der Waals surface area (Å²) in [6, 6.07) is 1.29. The van der Waals surface area contributed by atoms with E-state index < -0.39 is 11.5 Å². The van der Waals surface area contributed by atoms with Crippen LogP contribution in [0, 0.1) is 6.92 Å². The van der Waals surface area contributed by atoms with Crippen molar-refractivity contribution in [2.75, 3.05) is 0 Å². The van der Waals surface area contributed by atoms with Gasteiger partial charge in [-0.3, -0.25) is 4.79 Å². The first kappa shape index (κ1) is 16.3. The van der Waals surface area contributed by atoms with Gasteiger partial charge >= 0.3 is 5.97 Å². The largest absolute Gasteiger partial charge is 0.477 e. The van der Waals surface area contributed by atoms with E-state index >= 15 is 0 Å². The van der Waals surface area contributed by atoms with Crippen LogP contribution in [0.5, 0.6) is 0 Å². The van der Waals surface area contributed by atoms with Crippen molar-refractivity contribution in [3.63, 3.8) is 0 Å². The first-order valence-corrected chi connectivity index (χ1v) is 6.63. The maximum atomic E-state index is 11.2. The summed E-state index contributed by atoms with van der Waals surface area (Å²) in [4.78, 5) is 29.0. The third-order valence-corrected chi connectivity index (χ3v) is 2.65. The number of hydrogen-bond acceptors (Lipinski definition) is 4. The molecule has 0 unspecified atom stereocenters. The molecule has 0 saturated heterocycles. The van der Waals surface area contributed by atoms with Gasteiger partial charge in [0, 0.05) is 0 Å². The van der Waals surface area contributed by atoms with Gasteiger partial charge in [-0.1, -0.05) is 27.7 Å². The molecule has 2 N–H and O–H groups in total. The molecule has 0 radical (unpaired) electrons. The summed E-state index contributed by atoms with van der Waals surface area (Å²) in [5.74, 6) is -1.24. The predicted molar refractivity (Wildman–Crippen MR) is 74.6 cm³/mol. The van der Waals surface area contributed by atoms with Crippen LogP contribution < -0.4 is 5.56 Å². The van der Waals surface area contributed by atoms with Gasteiger partial charge in [-0.2, -0.15) is 0 Å². The van der Waals surface area contributed by atoms with Gasteiger partial charge in [0.25, 0.3) is 5.56 Å². The highest BCUT2D eigenvalue weighted by Crippen LogP contribution is 2.17. The Morgan fingerprint density at radius 3 is 2.39 bits per heavy atom. The molecule has 0 aliphatic rings. The number of aryl methyl sites for hydroxylation is 1. The fraction of sp³-hybridized carbons (Fsp3) is 0.417. The van der Waals surface area contributed by atoms with Gasteiger partial charge in [0.1, 0.15) is 10.4 Å². The summed E-state index contributed by atoms with van der Waals surface area (Å²) < 4.78 is 0. The van der Waals surface area contributed by atoms with Crippen LogP contribution in [0.15, 0.2) is 10.9 Å². The van der Waals surface area contributed by atoms with Crippen molar-refractivity contribution >= 4 is 27.7 Å². The molecule has 2 rings (SSSR count). The topological polar surface area (TPSA) is 83.0 Å². The number of hydrogen-bond donors (Lipinski definition) is 2. The van der Waals surface area contributed by atoms with Crippen LogP contribution in [-0.2, 0) is 0 Å². The molecule has 0 aliphatic heterocycles. The molecule has 6 heteroatoms. The van der Waals surface area contributed by atoms with E-state index in [1.807, 2.05) is 27.7 Å². The van der Waals surface area contributed by atoms with E-state index in [1.165, 1.54) is 17.4 Å². The fourth-order valence-electron chi connectivity index (χ4n) is 1.16. The summed E-state index contributed by atoms with van der Waals surface area (Å²) in [5.41, 5.74) is -0.346. The first-order valence-electron chi connectivity index (χ1n) is 5.81. The lowest BCUT2D eigenvalue weighted by Crippen LogP contribution is -2.16. The van der Waals surface area contributed by atoms with Crippen molar-refractivity contribution in [2.24, 2.45) is 0 Å².